The molecule has 2 unspecified atom stereocenters. The number of amides is 1. The maximum atomic E-state index is 15.7. The van der Waals surface area contributed by atoms with E-state index in [9.17, 15) is 24.3 Å². The van der Waals surface area contributed by atoms with Crippen LogP contribution in [0.5, 0.6) is 0 Å². The number of rotatable bonds is 12. The van der Waals surface area contributed by atoms with Crippen molar-refractivity contribution in [3.8, 4) is 0 Å². The van der Waals surface area contributed by atoms with Crippen LogP contribution in [0.4, 0.5) is 4.79 Å². The molecule has 63 heavy (non-hydrogen) atoms. The summed E-state index contributed by atoms with van der Waals surface area (Å²) >= 11 is 0. The van der Waals surface area contributed by atoms with Crippen LogP contribution in [-0.4, -0.2) is 115 Å². The molecular formula is C48H63NO14. The monoisotopic (exact) mass is 877 g/mol. The van der Waals surface area contributed by atoms with Gasteiger partial charge in [0, 0.05) is 39.4 Å². The molecule has 0 aromatic heterocycles. The minimum absolute atomic E-state index is 0.134. The molecule has 1 amide bonds. The molecule has 344 valence electrons. The fourth-order valence-corrected chi connectivity index (χ4v) is 10.5. The van der Waals surface area contributed by atoms with E-state index in [1.54, 1.807) is 123 Å². The summed E-state index contributed by atoms with van der Waals surface area (Å²) in [4.78, 5) is 71.5. The van der Waals surface area contributed by atoms with Gasteiger partial charge >= 0.3 is 24.0 Å². The van der Waals surface area contributed by atoms with Crippen LogP contribution >= 0.6 is 0 Å². The third kappa shape index (κ3) is 8.54. The van der Waals surface area contributed by atoms with Crippen LogP contribution < -0.4 is 5.32 Å². The van der Waals surface area contributed by atoms with Gasteiger partial charge in [-0.05, 0) is 77.3 Å². The Hall–Kier alpha value is -4.67. The molecule has 3 aliphatic carbocycles. The second-order valence-electron chi connectivity index (χ2n) is 19.2. The first-order valence-electron chi connectivity index (χ1n) is 21.5. The minimum atomic E-state index is -2.19. The second-order valence-corrected chi connectivity index (χ2v) is 19.2. The fourth-order valence-electron chi connectivity index (χ4n) is 10.5. The molecule has 15 heteroatoms. The SMILES string of the molecule is CO[C@H]1C(=O)[C@@]2(C)C([C@H](OC(=O)c3ccccc3)[C@]3(O)C[C@H](OC(=O)[C@H](OC(C)C)[C@@H](NC(=O)OC(C)(C)C)c4ccccc4)C(C)=C1C3(C)C)[C@]1(OC(C)=O)COC1C[C@@H]2OC. The van der Waals surface area contributed by atoms with Crippen LogP contribution in [0.1, 0.15) is 104 Å². The lowest BCUT2D eigenvalue weighted by atomic mass is 9.44. The van der Waals surface area contributed by atoms with Gasteiger partial charge in [0.05, 0.1) is 41.8 Å². The van der Waals surface area contributed by atoms with Gasteiger partial charge in [0.25, 0.3) is 0 Å². The average Bonchev–Trinajstić information content (AvgIpc) is 3.20. The molecule has 11 atom stereocenters. The lowest BCUT2D eigenvalue weighted by molar-refractivity contribution is -0.347. The largest absolute Gasteiger partial charge is 0.456 e. The predicted octanol–water partition coefficient (Wildman–Crippen LogP) is 6.00. The van der Waals surface area contributed by atoms with E-state index in [2.05, 4.69) is 5.32 Å². The zero-order valence-corrected chi connectivity index (χ0v) is 38.3. The summed E-state index contributed by atoms with van der Waals surface area (Å²) in [6, 6.07) is 15.8. The van der Waals surface area contributed by atoms with Gasteiger partial charge in [-0.15, -0.1) is 0 Å². The van der Waals surface area contributed by atoms with Gasteiger partial charge in [-0.1, -0.05) is 62.4 Å². The fraction of sp³-hybridized carbons (Fsp3) is 0.604. The molecule has 0 spiro atoms. The van der Waals surface area contributed by atoms with E-state index in [-0.39, 0.29) is 25.0 Å². The van der Waals surface area contributed by atoms with E-state index >= 15 is 4.79 Å². The Morgan fingerprint density at radius 3 is 2.06 bits per heavy atom. The summed E-state index contributed by atoms with van der Waals surface area (Å²) in [6.45, 7) is 16.5. The Morgan fingerprint density at radius 2 is 1.54 bits per heavy atom. The first-order chi connectivity index (χ1) is 29.5. The number of ether oxygens (including phenoxy) is 8. The van der Waals surface area contributed by atoms with Crippen molar-refractivity contribution in [2.45, 2.75) is 148 Å². The Labute approximate surface area is 369 Å². The Morgan fingerprint density at radius 1 is 0.921 bits per heavy atom. The number of Topliss-reactive ketones (excluding diaryl/α,β-unsaturated/α-hetero) is 1. The van der Waals surface area contributed by atoms with Crippen molar-refractivity contribution in [2.24, 2.45) is 16.7 Å². The number of aliphatic hydroxyl groups is 1. The quantitative estimate of drug-likeness (QED) is 0.143. The number of hydrogen-bond acceptors (Lipinski definition) is 14. The van der Waals surface area contributed by atoms with E-state index < -0.39 is 112 Å². The van der Waals surface area contributed by atoms with Crippen molar-refractivity contribution >= 4 is 29.8 Å². The molecule has 15 nitrogen and oxygen atoms in total. The zero-order valence-electron chi connectivity index (χ0n) is 38.3. The molecule has 2 bridgehead atoms. The topological polar surface area (TPSA) is 191 Å². The molecule has 4 aliphatic rings. The van der Waals surface area contributed by atoms with Gasteiger partial charge in [0.2, 0.25) is 0 Å². The molecule has 1 heterocycles. The number of nitrogens with one attached hydrogen (secondary N) is 1. The number of esters is 3. The van der Waals surface area contributed by atoms with Crippen LogP contribution in [0.3, 0.4) is 0 Å². The summed E-state index contributed by atoms with van der Waals surface area (Å²) in [7, 11) is 2.83. The maximum absolute atomic E-state index is 15.7. The van der Waals surface area contributed by atoms with Crippen LogP contribution in [0.25, 0.3) is 0 Å². The number of carbonyl (C=O) groups is 5. The van der Waals surface area contributed by atoms with Crippen LogP contribution in [-0.2, 0) is 52.3 Å². The number of benzene rings is 2. The minimum Gasteiger partial charge on any atom is -0.456 e. The molecule has 6 rings (SSSR count). The molecule has 0 radical (unpaired) electrons. The Kier molecular flexibility index (Phi) is 13.4. The van der Waals surface area contributed by atoms with Crippen molar-refractivity contribution in [2.75, 3.05) is 20.8 Å². The molecule has 1 saturated heterocycles. The molecule has 3 fully saturated rings. The third-order valence-electron chi connectivity index (χ3n) is 13.4. The van der Waals surface area contributed by atoms with E-state index in [1.807, 2.05) is 0 Å². The van der Waals surface area contributed by atoms with Crippen molar-refractivity contribution in [3.63, 3.8) is 0 Å². The Bertz CT molecular complexity index is 2080. The first kappa shape index (κ1) is 47.8. The number of alkyl carbamates (subject to hydrolysis) is 1. The van der Waals surface area contributed by atoms with Gasteiger partial charge in [0.1, 0.15) is 35.6 Å². The summed E-state index contributed by atoms with van der Waals surface area (Å²) in [5, 5.41) is 16.7. The van der Waals surface area contributed by atoms with Gasteiger partial charge in [-0.25, -0.2) is 14.4 Å². The smallest absolute Gasteiger partial charge is 0.408 e. The normalized spacial score (nSPS) is 32.1. The molecule has 1 aliphatic heterocycles. The highest BCUT2D eigenvalue weighted by molar-refractivity contribution is 5.94. The lowest BCUT2D eigenvalue weighted by Crippen LogP contribution is -2.82. The zero-order chi connectivity index (χ0) is 46.4. The maximum Gasteiger partial charge on any atom is 0.408 e. The van der Waals surface area contributed by atoms with Gasteiger partial charge < -0.3 is 48.3 Å². The highest BCUT2D eigenvalue weighted by Crippen LogP contribution is 2.64. The summed E-state index contributed by atoms with van der Waals surface area (Å²) in [5.74, 6) is -4.16. The number of fused-ring (bicyclic) bond motifs is 5. The van der Waals surface area contributed by atoms with E-state index in [1.165, 1.54) is 21.1 Å². The van der Waals surface area contributed by atoms with Gasteiger partial charge in [-0.2, -0.15) is 0 Å². The highest BCUT2D eigenvalue weighted by atomic mass is 16.6. The van der Waals surface area contributed by atoms with Crippen LogP contribution in [0, 0.1) is 16.7 Å². The number of ketones is 1. The van der Waals surface area contributed by atoms with E-state index in [0.29, 0.717) is 16.7 Å². The van der Waals surface area contributed by atoms with Crippen LogP contribution in [0.2, 0.25) is 0 Å². The van der Waals surface area contributed by atoms with Gasteiger partial charge in [0.15, 0.2) is 17.5 Å². The average molecular weight is 878 g/mol. The molecule has 2 aromatic rings. The van der Waals surface area contributed by atoms with Crippen LogP contribution in [0.15, 0.2) is 71.8 Å². The number of hydrogen-bond donors (Lipinski definition) is 2. The van der Waals surface area contributed by atoms with Crippen molar-refractivity contribution in [3.05, 3.63) is 82.9 Å². The molecule has 2 saturated carbocycles. The first-order valence-corrected chi connectivity index (χ1v) is 21.5. The standard InChI is InChI=1S/C48H63NO14/c1-26(2)59-37(35(29-19-15-13-16-20-29)49-43(54)63-44(5,6)7)42(53)60-31-24-48(55)40(61-41(52)30-21-17-14-18-22-30)38-46(10,39(51)36(57-12)34(27(31)3)45(48,8)9)32(56-11)23-33-47(38,25-58-33)62-28(4)50/h13-22,26,31-33,35-38,40,55H,23-25H2,1-12H3,(H,49,54)/t31-,32-,33?,35-,36+,37+,38?,40-,46+,47-,48+/m0/s1. The predicted molar refractivity (Wildman–Crippen MR) is 227 cm³/mol. The van der Waals surface area contributed by atoms with Crippen molar-refractivity contribution in [1.29, 1.82) is 0 Å². The highest BCUT2D eigenvalue weighted by Gasteiger charge is 2.78. The summed E-state index contributed by atoms with van der Waals surface area (Å²) in [5.41, 5.74) is -6.32. The van der Waals surface area contributed by atoms with E-state index in [4.69, 9.17) is 37.9 Å². The van der Waals surface area contributed by atoms with Gasteiger partial charge in [-0.3, -0.25) is 9.59 Å². The second kappa shape index (κ2) is 17.7. The number of methoxy groups -OCH3 is 2. The Balaban J connectivity index is 1.55. The molecule has 2 aromatic carbocycles. The molecule has 2 N–H and O–H groups in total. The number of carbonyl (C=O) groups excluding carboxylic acids is 5. The summed E-state index contributed by atoms with van der Waals surface area (Å²) < 4.78 is 49.4. The van der Waals surface area contributed by atoms with E-state index in [0.717, 1.165) is 0 Å². The molecular weight excluding hydrogens is 815 g/mol. The van der Waals surface area contributed by atoms with Crippen molar-refractivity contribution < 1.29 is 67.0 Å². The van der Waals surface area contributed by atoms with Crippen molar-refractivity contribution in [1.82, 2.24) is 5.32 Å². The summed E-state index contributed by atoms with van der Waals surface area (Å²) in [6.07, 6.45) is -9.00. The third-order valence-corrected chi connectivity index (χ3v) is 13.4. The lowest BCUT2D eigenvalue weighted by Gasteiger charge is -2.67.